The molecule has 3 atom stereocenters. The Morgan fingerprint density at radius 3 is 2.74 bits per heavy atom. The van der Waals surface area contributed by atoms with Gasteiger partial charge < -0.3 is 24.5 Å². The fraction of sp³-hybridized carbons (Fsp3) is 0.533. The largest absolute Gasteiger partial charge is 0.472 e. The van der Waals surface area contributed by atoms with Crippen molar-refractivity contribution in [3.8, 4) is 17.7 Å². The van der Waals surface area contributed by atoms with Gasteiger partial charge in [0.15, 0.2) is 0 Å². The molecular weight excluding hydrogens is 494 g/mol. The Bertz CT molecular complexity index is 1190. The molecule has 0 radical (unpaired) electrons. The molecular formula is C30H39N5O4. The van der Waals surface area contributed by atoms with Crippen LogP contribution in [0.2, 0.25) is 0 Å². The molecule has 2 amide bonds. The number of carbonyl (C=O) groups is 2. The second-order valence-electron chi connectivity index (χ2n) is 10.6. The van der Waals surface area contributed by atoms with Crippen LogP contribution in [0.3, 0.4) is 0 Å². The second-order valence-corrected chi connectivity index (χ2v) is 10.6. The van der Waals surface area contributed by atoms with E-state index in [9.17, 15) is 14.7 Å². The van der Waals surface area contributed by atoms with E-state index in [1.54, 1.807) is 35.3 Å². The second kappa shape index (κ2) is 13.5. The van der Waals surface area contributed by atoms with Crippen molar-refractivity contribution in [2.75, 3.05) is 46.4 Å². The van der Waals surface area contributed by atoms with E-state index in [0.29, 0.717) is 36.3 Å². The van der Waals surface area contributed by atoms with Crippen LogP contribution in [-0.4, -0.2) is 100 Å². The first-order valence-corrected chi connectivity index (χ1v) is 13.8. The molecule has 9 nitrogen and oxygen atoms in total. The standard InChI is InChI=1S/C30H39N5O4/c1-22-19-35(23(2)21-36)30(38)26-17-24(10-11-25-9-5-6-13-31-25)18-32-29(26)39-27(22)20-33(3)28(37)12-16-34-14-7-4-8-15-34/h5-6,9,13,17-18,22-23,27,36H,4,7-8,12,14-16,19-21H2,1-3H3/t22-,23-,27+/m1/s1. The normalized spacial score (nSPS) is 20.5. The van der Waals surface area contributed by atoms with Crippen LogP contribution < -0.4 is 4.74 Å². The lowest BCUT2D eigenvalue weighted by Crippen LogP contribution is -2.50. The summed E-state index contributed by atoms with van der Waals surface area (Å²) < 4.78 is 6.33. The third-order valence-electron chi connectivity index (χ3n) is 7.49. The summed E-state index contributed by atoms with van der Waals surface area (Å²) in [6.45, 7) is 7.29. The Morgan fingerprint density at radius 2 is 2.03 bits per heavy atom. The number of carbonyl (C=O) groups excluding carboxylic acids is 2. The monoisotopic (exact) mass is 533 g/mol. The molecule has 1 N–H and O–H groups in total. The Kier molecular flexibility index (Phi) is 9.90. The van der Waals surface area contributed by atoms with E-state index in [1.807, 2.05) is 32.0 Å². The van der Waals surface area contributed by atoms with Crippen LogP contribution in [0.1, 0.15) is 61.1 Å². The number of hydrogen-bond acceptors (Lipinski definition) is 7. The quantitative estimate of drug-likeness (QED) is 0.546. The number of aliphatic hydroxyl groups is 1. The summed E-state index contributed by atoms with van der Waals surface area (Å²) in [6.07, 6.45) is 7.00. The van der Waals surface area contributed by atoms with E-state index >= 15 is 0 Å². The van der Waals surface area contributed by atoms with Gasteiger partial charge in [0.2, 0.25) is 11.8 Å². The summed E-state index contributed by atoms with van der Waals surface area (Å²) >= 11 is 0. The molecule has 0 aromatic carbocycles. The first-order valence-electron chi connectivity index (χ1n) is 13.8. The van der Waals surface area contributed by atoms with E-state index < -0.39 is 6.04 Å². The van der Waals surface area contributed by atoms with E-state index in [-0.39, 0.29) is 36.3 Å². The Morgan fingerprint density at radius 1 is 1.23 bits per heavy atom. The summed E-state index contributed by atoms with van der Waals surface area (Å²) in [7, 11) is 1.80. The highest BCUT2D eigenvalue weighted by Gasteiger charge is 2.34. The van der Waals surface area contributed by atoms with Crippen molar-refractivity contribution in [3.63, 3.8) is 0 Å². The fourth-order valence-corrected chi connectivity index (χ4v) is 4.96. The molecule has 4 rings (SSSR count). The minimum Gasteiger partial charge on any atom is -0.472 e. The van der Waals surface area contributed by atoms with Gasteiger partial charge in [0, 0.05) is 50.4 Å². The van der Waals surface area contributed by atoms with Gasteiger partial charge in [0.25, 0.3) is 5.91 Å². The van der Waals surface area contributed by atoms with E-state index in [2.05, 4.69) is 26.7 Å². The number of amides is 2. The van der Waals surface area contributed by atoms with E-state index in [4.69, 9.17) is 4.74 Å². The lowest BCUT2D eigenvalue weighted by molar-refractivity contribution is -0.131. The summed E-state index contributed by atoms with van der Waals surface area (Å²) in [4.78, 5) is 41.0. The molecule has 0 spiro atoms. The van der Waals surface area contributed by atoms with Crippen LogP contribution in [0.15, 0.2) is 36.7 Å². The van der Waals surface area contributed by atoms with Gasteiger partial charge in [-0.2, -0.15) is 0 Å². The smallest absolute Gasteiger partial charge is 0.259 e. The first-order chi connectivity index (χ1) is 18.9. The molecule has 1 saturated heterocycles. The minimum atomic E-state index is -0.390. The number of aromatic nitrogens is 2. The number of fused-ring (bicyclic) bond motifs is 1. The number of aliphatic hydroxyl groups excluding tert-OH is 1. The van der Waals surface area contributed by atoms with Crippen molar-refractivity contribution >= 4 is 11.8 Å². The topological polar surface area (TPSA) is 99.1 Å². The summed E-state index contributed by atoms with van der Waals surface area (Å²) in [6, 6.07) is 6.78. The highest BCUT2D eigenvalue weighted by Crippen LogP contribution is 2.27. The molecule has 2 aromatic heterocycles. The van der Waals surface area contributed by atoms with Crippen LogP contribution >= 0.6 is 0 Å². The highest BCUT2D eigenvalue weighted by atomic mass is 16.5. The molecule has 0 unspecified atom stereocenters. The Hall–Kier alpha value is -3.48. The number of hydrogen-bond donors (Lipinski definition) is 1. The third kappa shape index (κ3) is 7.55. The minimum absolute atomic E-state index is 0.0726. The summed E-state index contributed by atoms with van der Waals surface area (Å²) in [5.41, 5.74) is 1.46. The number of ether oxygens (including phenoxy) is 1. The average molecular weight is 534 g/mol. The van der Waals surface area contributed by atoms with Gasteiger partial charge in [-0.1, -0.05) is 25.3 Å². The van der Waals surface area contributed by atoms with Crippen molar-refractivity contribution in [3.05, 3.63) is 53.5 Å². The van der Waals surface area contributed by atoms with E-state index in [1.165, 1.54) is 19.3 Å². The maximum absolute atomic E-state index is 13.6. The van der Waals surface area contributed by atoms with Crippen LogP contribution in [-0.2, 0) is 4.79 Å². The number of likely N-dealkylation sites (tertiary alicyclic amines) is 1. The molecule has 0 aliphatic carbocycles. The highest BCUT2D eigenvalue weighted by molar-refractivity contribution is 5.97. The average Bonchev–Trinajstić information content (AvgIpc) is 2.97. The van der Waals surface area contributed by atoms with Gasteiger partial charge in [0.1, 0.15) is 17.4 Å². The lowest BCUT2D eigenvalue weighted by Gasteiger charge is -2.37. The SMILES string of the molecule is C[C@@H]1CN([C@H](C)CO)C(=O)c2cc(C#Cc3ccccn3)cnc2O[C@H]1CN(C)C(=O)CCN1CCCCC1. The molecule has 208 valence electrons. The fourth-order valence-electron chi connectivity index (χ4n) is 4.96. The van der Waals surface area contributed by atoms with Crippen molar-refractivity contribution in [2.45, 2.75) is 51.7 Å². The Balaban J connectivity index is 1.54. The molecule has 9 heteroatoms. The molecule has 0 bridgehead atoms. The van der Waals surface area contributed by atoms with Crippen LogP contribution in [0.5, 0.6) is 5.88 Å². The molecule has 2 aromatic rings. The molecule has 0 saturated carbocycles. The maximum atomic E-state index is 13.6. The van der Waals surface area contributed by atoms with Crippen molar-refractivity contribution < 1.29 is 19.4 Å². The van der Waals surface area contributed by atoms with Crippen molar-refractivity contribution in [1.29, 1.82) is 0 Å². The van der Waals surface area contributed by atoms with Gasteiger partial charge in [-0.15, -0.1) is 0 Å². The zero-order chi connectivity index (χ0) is 27.8. The molecule has 4 heterocycles. The van der Waals surface area contributed by atoms with Gasteiger partial charge in [-0.05, 0) is 57.0 Å². The van der Waals surface area contributed by atoms with Crippen molar-refractivity contribution in [2.24, 2.45) is 5.92 Å². The zero-order valence-electron chi connectivity index (χ0n) is 23.2. The van der Waals surface area contributed by atoms with Crippen molar-refractivity contribution in [1.82, 2.24) is 24.7 Å². The van der Waals surface area contributed by atoms with E-state index in [0.717, 1.165) is 19.6 Å². The Labute approximate surface area is 231 Å². The van der Waals surface area contributed by atoms with Gasteiger partial charge in [-0.3, -0.25) is 9.59 Å². The van der Waals surface area contributed by atoms with Crippen LogP contribution in [0.4, 0.5) is 0 Å². The lowest BCUT2D eigenvalue weighted by atomic mass is 9.99. The third-order valence-corrected chi connectivity index (χ3v) is 7.49. The van der Waals surface area contributed by atoms with Crippen LogP contribution in [0, 0.1) is 17.8 Å². The number of piperidine rings is 1. The summed E-state index contributed by atoms with van der Waals surface area (Å²) in [5, 5.41) is 9.89. The zero-order valence-corrected chi connectivity index (χ0v) is 23.2. The number of rotatable bonds is 7. The number of nitrogens with zero attached hydrogens (tertiary/aromatic N) is 5. The molecule has 2 aliphatic rings. The first kappa shape index (κ1) is 28.5. The van der Waals surface area contributed by atoms with Gasteiger partial charge in [-0.25, -0.2) is 9.97 Å². The molecule has 1 fully saturated rings. The predicted molar refractivity (Wildman–Crippen MR) is 148 cm³/mol. The maximum Gasteiger partial charge on any atom is 0.259 e. The number of likely N-dealkylation sites (N-methyl/N-ethyl adjacent to an activating group) is 1. The summed E-state index contributed by atoms with van der Waals surface area (Å²) in [5.74, 6) is 5.94. The molecule has 39 heavy (non-hydrogen) atoms. The van der Waals surface area contributed by atoms with Gasteiger partial charge >= 0.3 is 0 Å². The molecule has 2 aliphatic heterocycles. The number of pyridine rings is 2. The van der Waals surface area contributed by atoms with Gasteiger partial charge in [0.05, 0.1) is 19.2 Å². The van der Waals surface area contributed by atoms with Crippen LogP contribution in [0.25, 0.3) is 0 Å². The predicted octanol–water partition coefficient (Wildman–Crippen LogP) is 2.43.